The fourth-order valence-corrected chi connectivity index (χ4v) is 2.79. The predicted molar refractivity (Wildman–Crippen MR) is 77.4 cm³/mol. The number of ether oxygens (including phenoxy) is 2. The number of nitrogens with zero attached hydrogens (tertiary/aromatic N) is 1. The van der Waals surface area contributed by atoms with Gasteiger partial charge in [0.2, 0.25) is 0 Å². The van der Waals surface area contributed by atoms with Gasteiger partial charge in [-0.25, -0.2) is 0 Å². The molecule has 0 aliphatic carbocycles. The molecule has 1 heterocycles. The lowest BCUT2D eigenvalue weighted by Gasteiger charge is -2.29. The quantitative estimate of drug-likeness (QED) is 0.918. The van der Waals surface area contributed by atoms with Crippen LogP contribution in [0.3, 0.4) is 0 Å². The molecule has 0 spiro atoms. The van der Waals surface area contributed by atoms with E-state index in [0.717, 1.165) is 49.6 Å². The van der Waals surface area contributed by atoms with Crippen LogP contribution >= 0.6 is 11.6 Å². The van der Waals surface area contributed by atoms with E-state index in [2.05, 4.69) is 17.1 Å². The van der Waals surface area contributed by atoms with Crippen LogP contribution in [-0.2, 0) is 6.54 Å². The Morgan fingerprint density at radius 3 is 2.42 bits per heavy atom. The number of nitrogens with one attached hydrogen (secondary N) is 1. The van der Waals surface area contributed by atoms with E-state index in [4.69, 9.17) is 21.1 Å². The highest BCUT2D eigenvalue weighted by atomic mass is 35.5. The molecule has 1 aromatic rings. The molecule has 0 radical (unpaired) electrons. The van der Waals surface area contributed by atoms with Crippen LogP contribution in [0.5, 0.6) is 11.5 Å². The molecule has 0 bridgehead atoms. The zero-order valence-electron chi connectivity index (χ0n) is 11.8. The maximum Gasteiger partial charge on any atom is 0.179 e. The summed E-state index contributed by atoms with van der Waals surface area (Å²) in [6.45, 7) is 7.09. The fourth-order valence-electron chi connectivity index (χ4n) is 2.46. The number of aryl methyl sites for hydroxylation is 1. The molecule has 2 rings (SSSR count). The van der Waals surface area contributed by atoms with Gasteiger partial charge in [-0.1, -0.05) is 11.6 Å². The Morgan fingerprint density at radius 1 is 1.21 bits per heavy atom. The van der Waals surface area contributed by atoms with Crippen LogP contribution in [0.2, 0.25) is 5.02 Å². The first-order chi connectivity index (χ1) is 9.17. The van der Waals surface area contributed by atoms with Gasteiger partial charge in [-0.2, -0.15) is 0 Å². The lowest BCUT2D eigenvalue weighted by Crippen LogP contribution is -2.43. The minimum absolute atomic E-state index is 0.598. The molecule has 4 nitrogen and oxygen atoms in total. The number of piperazine rings is 1. The van der Waals surface area contributed by atoms with E-state index in [9.17, 15) is 0 Å². The number of halogens is 1. The van der Waals surface area contributed by atoms with E-state index < -0.39 is 0 Å². The molecule has 0 atom stereocenters. The minimum Gasteiger partial charge on any atom is -0.492 e. The van der Waals surface area contributed by atoms with E-state index >= 15 is 0 Å². The highest BCUT2D eigenvalue weighted by molar-refractivity contribution is 6.32. The van der Waals surface area contributed by atoms with Crippen molar-refractivity contribution in [3.63, 3.8) is 0 Å². The Bertz CT molecular complexity index is 446. The van der Waals surface area contributed by atoms with Crippen LogP contribution in [0.4, 0.5) is 0 Å². The first kappa shape index (κ1) is 14.4. The van der Waals surface area contributed by atoms with Gasteiger partial charge in [-0.15, -0.1) is 0 Å². The standard InChI is InChI=1S/C14H21ClN2O2/c1-10-8-12(15)14(19-3)13(18-2)11(10)9-17-6-4-16-5-7-17/h8,16H,4-7,9H2,1-3H3. The molecule has 0 aromatic heterocycles. The van der Waals surface area contributed by atoms with Crippen molar-refractivity contribution in [1.82, 2.24) is 10.2 Å². The second kappa shape index (κ2) is 6.46. The average molecular weight is 285 g/mol. The molecule has 5 heteroatoms. The third-order valence-electron chi connectivity index (χ3n) is 3.52. The third kappa shape index (κ3) is 3.14. The Morgan fingerprint density at radius 2 is 1.84 bits per heavy atom. The van der Waals surface area contributed by atoms with Gasteiger partial charge >= 0.3 is 0 Å². The Kier molecular flexibility index (Phi) is 4.91. The molecule has 0 saturated carbocycles. The van der Waals surface area contributed by atoms with Gasteiger partial charge in [-0.05, 0) is 18.6 Å². The van der Waals surface area contributed by atoms with Crippen LogP contribution in [0.15, 0.2) is 6.07 Å². The first-order valence-electron chi connectivity index (χ1n) is 6.50. The molecule has 1 saturated heterocycles. The van der Waals surface area contributed by atoms with Crippen LogP contribution in [0.25, 0.3) is 0 Å². The third-order valence-corrected chi connectivity index (χ3v) is 3.80. The zero-order chi connectivity index (χ0) is 13.8. The summed E-state index contributed by atoms with van der Waals surface area (Å²) < 4.78 is 10.9. The lowest BCUT2D eigenvalue weighted by atomic mass is 10.1. The lowest BCUT2D eigenvalue weighted by molar-refractivity contribution is 0.228. The number of methoxy groups -OCH3 is 2. The monoisotopic (exact) mass is 284 g/mol. The molecule has 1 fully saturated rings. The molecule has 0 amide bonds. The van der Waals surface area contributed by atoms with Crippen molar-refractivity contribution in [2.75, 3.05) is 40.4 Å². The van der Waals surface area contributed by atoms with Crippen LogP contribution in [0.1, 0.15) is 11.1 Å². The normalized spacial score (nSPS) is 16.4. The molecular weight excluding hydrogens is 264 g/mol. The van der Waals surface area contributed by atoms with Gasteiger partial charge in [0.15, 0.2) is 11.5 Å². The van der Waals surface area contributed by atoms with Crippen molar-refractivity contribution < 1.29 is 9.47 Å². The molecule has 1 aromatic carbocycles. The highest BCUT2D eigenvalue weighted by Crippen LogP contribution is 2.40. The van der Waals surface area contributed by atoms with Crippen LogP contribution < -0.4 is 14.8 Å². The summed E-state index contributed by atoms with van der Waals surface area (Å²) in [5.74, 6) is 1.38. The Hall–Kier alpha value is -0.970. The maximum atomic E-state index is 6.20. The van der Waals surface area contributed by atoms with Gasteiger partial charge in [0, 0.05) is 38.3 Å². The second-order valence-electron chi connectivity index (χ2n) is 4.75. The van der Waals surface area contributed by atoms with Gasteiger partial charge < -0.3 is 14.8 Å². The first-order valence-corrected chi connectivity index (χ1v) is 6.88. The van der Waals surface area contributed by atoms with Crippen molar-refractivity contribution in [2.24, 2.45) is 0 Å². The van der Waals surface area contributed by atoms with E-state index in [0.29, 0.717) is 10.8 Å². The van der Waals surface area contributed by atoms with Gasteiger partial charge in [-0.3, -0.25) is 4.90 Å². The molecule has 1 aliphatic rings. The minimum atomic E-state index is 0.598. The van der Waals surface area contributed by atoms with Crippen molar-refractivity contribution in [2.45, 2.75) is 13.5 Å². The van der Waals surface area contributed by atoms with E-state index in [1.807, 2.05) is 6.07 Å². The average Bonchev–Trinajstić information content (AvgIpc) is 2.42. The molecule has 0 unspecified atom stereocenters. The number of hydrogen-bond donors (Lipinski definition) is 1. The summed E-state index contributed by atoms with van der Waals surface area (Å²) >= 11 is 6.20. The van der Waals surface area contributed by atoms with Crippen molar-refractivity contribution in [1.29, 1.82) is 0 Å². The highest BCUT2D eigenvalue weighted by Gasteiger charge is 2.20. The predicted octanol–water partition coefficient (Wildman–Crippen LogP) is 2.07. The van der Waals surface area contributed by atoms with Crippen molar-refractivity contribution >= 4 is 11.6 Å². The van der Waals surface area contributed by atoms with Crippen molar-refractivity contribution in [3.8, 4) is 11.5 Å². The fraction of sp³-hybridized carbons (Fsp3) is 0.571. The Balaban J connectivity index is 2.32. The van der Waals surface area contributed by atoms with E-state index in [1.54, 1.807) is 14.2 Å². The summed E-state index contributed by atoms with van der Waals surface area (Å²) in [5, 5.41) is 3.95. The Labute approximate surface area is 119 Å². The van der Waals surface area contributed by atoms with Crippen molar-refractivity contribution in [3.05, 3.63) is 22.2 Å². The van der Waals surface area contributed by atoms with Gasteiger partial charge in [0.25, 0.3) is 0 Å². The van der Waals surface area contributed by atoms with E-state index in [1.165, 1.54) is 0 Å². The van der Waals surface area contributed by atoms with Crippen LogP contribution in [-0.4, -0.2) is 45.3 Å². The van der Waals surface area contributed by atoms with E-state index in [-0.39, 0.29) is 0 Å². The van der Waals surface area contributed by atoms with Gasteiger partial charge in [0.05, 0.1) is 19.2 Å². The largest absolute Gasteiger partial charge is 0.492 e. The number of hydrogen-bond acceptors (Lipinski definition) is 4. The molecule has 1 N–H and O–H groups in total. The maximum absolute atomic E-state index is 6.20. The van der Waals surface area contributed by atoms with Crippen LogP contribution in [0, 0.1) is 6.92 Å². The summed E-state index contributed by atoms with van der Waals surface area (Å²) in [6, 6.07) is 1.94. The number of rotatable bonds is 4. The zero-order valence-corrected chi connectivity index (χ0v) is 12.5. The second-order valence-corrected chi connectivity index (χ2v) is 5.15. The summed E-state index contributed by atoms with van der Waals surface area (Å²) in [4.78, 5) is 2.41. The molecule has 19 heavy (non-hydrogen) atoms. The topological polar surface area (TPSA) is 33.7 Å². The molecular formula is C14H21ClN2O2. The smallest absolute Gasteiger partial charge is 0.179 e. The summed E-state index contributed by atoms with van der Waals surface area (Å²) in [7, 11) is 3.28. The number of benzene rings is 1. The summed E-state index contributed by atoms with van der Waals surface area (Å²) in [5.41, 5.74) is 2.30. The summed E-state index contributed by atoms with van der Waals surface area (Å²) in [6.07, 6.45) is 0. The SMILES string of the molecule is COc1c(Cl)cc(C)c(CN2CCNCC2)c1OC. The molecule has 1 aliphatic heterocycles. The molecule has 106 valence electrons. The van der Waals surface area contributed by atoms with Gasteiger partial charge in [0.1, 0.15) is 0 Å².